The molecule has 1 fully saturated rings. The zero-order valence-electron chi connectivity index (χ0n) is 10.3. The summed E-state index contributed by atoms with van der Waals surface area (Å²) in [5.74, 6) is 0. The number of anilines is 1. The number of aliphatic hydroxyl groups is 1. The predicted octanol–water partition coefficient (Wildman–Crippen LogP) is 0.785. The van der Waals surface area contributed by atoms with Gasteiger partial charge < -0.3 is 10.0 Å². The van der Waals surface area contributed by atoms with E-state index in [2.05, 4.69) is 5.10 Å². The molecule has 1 aromatic heterocycles. The van der Waals surface area contributed by atoms with Crippen molar-refractivity contribution in [2.24, 2.45) is 0 Å². The van der Waals surface area contributed by atoms with Crippen LogP contribution in [-0.4, -0.2) is 34.6 Å². The van der Waals surface area contributed by atoms with E-state index in [0.29, 0.717) is 0 Å². The van der Waals surface area contributed by atoms with Crippen LogP contribution in [0.3, 0.4) is 0 Å². The summed E-state index contributed by atoms with van der Waals surface area (Å²) < 4.78 is 1.42. The molecule has 0 saturated heterocycles. The van der Waals surface area contributed by atoms with Gasteiger partial charge in [0.15, 0.2) is 0 Å². The maximum absolute atomic E-state index is 12.0. The van der Waals surface area contributed by atoms with Crippen LogP contribution in [0, 0.1) is 0 Å². The Morgan fingerprint density at radius 2 is 2.35 bits per heavy atom. The van der Waals surface area contributed by atoms with Crippen molar-refractivity contribution in [2.75, 3.05) is 18.5 Å². The summed E-state index contributed by atoms with van der Waals surface area (Å²) in [6.45, 7) is 2.85. The highest BCUT2D eigenvalue weighted by molar-refractivity contribution is 5.41. The van der Waals surface area contributed by atoms with Crippen LogP contribution >= 0.6 is 0 Å². The van der Waals surface area contributed by atoms with Crippen LogP contribution in [0.4, 0.5) is 5.69 Å². The normalized spacial score (nSPS) is 23.9. The number of nitrogens with zero attached hydrogens (tertiary/aromatic N) is 3. The van der Waals surface area contributed by atoms with Gasteiger partial charge >= 0.3 is 0 Å². The van der Waals surface area contributed by atoms with Crippen LogP contribution in [0.5, 0.6) is 0 Å². The van der Waals surface area contributed by atoms with Crippen molar-refractivity contribution in [1.82, 2.24) is 9.78 Å². The van der Waals surface area contributed by atoms with Crippen LogP contribution in [0.1, 0.15) is 32.2 Å². The van der Waals surface area contributed by atoms with E-state index in [-0.39, 0.29) is 11.6 Å². The minimum Gasteiger partial charge on any atom is -0.391 e. The number of aromatic nitrogens is 2. The first kappa shape index (κ1) is 12.1. The van der Waals surface area contributed by atoms with E-state index in [1.165, 1.54) is 4.68 Å². The first-order chi connectivity index (χ1) is 8.13. The molecule has 1 aliphatic rings. The highest BCUT2D eigenvalue weighted by Crippen LogP contribution is 2.28. The van der Waals surface area contributed by atoms with Crippen LogP contribution in [0.25, 0.3) is 0 Å². The van der Waals surface area contributed by atoms with Gasteiger partial charge in [0.25, 0.3) is 5.56 Å². The van der Waals surface area contributed by atoms with Crippen molar-refractivity contribution in [3.63, 3.8) is 0 Å². The lowest BCUT2D eigenvalue weighted by atomic mass is 10.2. The number of hydrogen-bond donors (Lipinski definition) is 1. The zero-order valence-corrected chi connectivity index (χ0v) is 10.3. The van der Waals surface area contributed by atoms with Crippen molar-refractivity contribution in [1.29, 1.82) is 0 Å². The molecule has 0 unspecified atom stereocenters. The minimum absolute atomic E-state index is 0.131. The van der Waals surface area contributed by atoms with Gasteiger partial charge in [-0.1, -0.05) is 0 Å². The average molecular weight is 237 g/mol. The molecule has 1 heterocycles. The Morgan fingerprint density at radius 1 is 1.59 bits per heavy atom. The lowest BCUT2D eigenvalue weighted by molar-refractivity contribution is 0.127. The average Bonchev–Trinajstić information content (AvgIpc) is 2.74. The molecule has 5 heteroatoms. The van der Waals surface area contributed by atoms with Crippen molar-refractivity contribution in [3.05, 3.63) is 22.6 Å². The largest absolute Gasteiger partial charge is 0.391 e. The first-order valence-electron chi connectivity index (χ1n) is 6.11. The van der Waals surface area contributed by atoms with Crippen molar-refractivity contribution >= 4 is 5.69 Å². The van der Waals surface area contributed by atoms with Gasteiger partial charge in [0.1, 0.15) is 0 Å². The summed E-state index contributed by atoms with van der Waals surface area (Å²) in [6.07, 6.45) is 3.80. The van der Waals surface area contributed by atoms with Crippen LogP contribution in [0.15, 0.2) is 17.1 Å². The second-order valence-electron chi connectivity index (χ2n) is 4.58. The van der Waals surface area contributed by atoms with E-state index in [9.17, 15) is 9.90 Å². The molecule has 94 valence electrons. The second-order valence-corrected chi connectivity index (χ2v) is 4.58. The van der Waals surface area contributed by atoms with Crippen LogP contribution in [-0.2, 0) is 0 Å². The third-order valence-electron chi connectivity index (χ3n) is 3.48. The lowest BCUT2D eigenvalue weighted by Crippen LogP contribution is -2.32. The minimum atomic E-state index is -0.435. The van der Waals surface area contributed by atoms with Gasteiger partial charge in [-0.25, -0.2) is 4.68 Å². The van der Waals surface area contributed by atoms with Gasteiger partial charge in [-0.2, -0.15) is 5.10 Å². The zero-order chi connectivity index (χ0) is 12.4. The molecule has 1 saturated carbocycles. The molecule has 1 aromatic rings. The third-order valence-corrected chi connectivity index (χ3v) is 3.48. The fraction of sp³-hybridized carbons (Fsp3) is 0.667. The highest BCUT2D eigenvalue weighted by atomic mass is 16.3. The Kier molecular flexibility index (Phi) is 3.47. The number of hydrogen-bond acceptors (Lipinski definition) is 4. The lowest BCUT2D eigenvalue weighted by Gasteiger charge is -2.19. The molecular weight excluding hydrogens is 218 g/mol. The van der Waals surface area contributed by atoms with Gasteiger partial charge in [0, 0.05) is 19.7 Å². The fourth-order valence-corrected chi connectivity index (χ4v) is 2.25. The molecule has 1 aliphatic carbocycles. The van der Waals surface area contributed by atoms with Crippen molar-refractivity contribution in [2.45, 2.75) is 38.3 Å². The maximum atomic E-state index is 12.0. The molecule has 2 atom stereocenters. The van der Waals surface area contributed by atoms with Gasteiger partial charge in [-0.15, -0.1) is 0 Å². The summed E-state index contributed by atoms with van der Waals surface area (Å²) in [4.78, 5) is 13.9. The van der Waals surface area contributed by atoms with E-state index in [1.807, 2.05) is 18.9 Å². The molecule has 0 spiro atoms. The fourth-order valence-electron chi connectivity index (χ4n) is 2.25. The summed E-state index contributed by atoms with van der Waals surface area (Å²) >= 11 is 0. The monoisotopic (exact) mass is 237 g/mol. The van der Waals surface area contributed by atoms with Gasteiger partial charge in [-0.3, -0.25) is 4.79 Å². The summed E-state index contributed by atoms with van der Waals surface area (Å²) in [6, 6.07) is 1.44. The SMILES string of the molecule is CCN(C)c1cnn([C@H]2CCC[C@@H]2O)c(=O)c1. The molecule has 1 N–H and O–H groups in total. The van der Waals surface area contributed by atoms with Crippen LogP contribution < -0.4 is 10.5 Å². The molecule has 17 heavy (non-hydrogen) atoms. The van der Waals surface area contributed by atoms with E-state index in [0.717, 1.165) is 31.5 Å². The Hall–Kier alpha value is -1.36. The molecule has 2 rings (SSSR count). The van der Waals surface area contributed by atoms with Gasteiger partial charge in [0.05, 0.1) is 24.0 Å². The van der Waals surface area contributed by atoms with E-state index in [1.54, 1.807) is 12.3 Å². The molecule has 0 aliphatic heterocycles. The Labute approximate surface area is 101 Å². The number of aliphatic hydroxyl groups excluding tert-OH is 1. The quantitative estimate of drug-likeness (QED) is 0.844. The van der Waals surface area contributed by atoms with E-state index < -0.39 is 6.10 Å². The molecule has 0 aromatic carbocycles. The van der Waals surface area contributed by atoms with Crippen LogP contribution in [0.2, 0.25) is 0 Å². The molecule has 0 amide bonds. The second kappa shape index (κ2) is 4.87. The Morgan fingerprint density at radius 3 is 2.88 bits per heavy atom. The predicted molar refractivity (Wildman–Crippen MR) is 66.3 cm³/mol. The van der Waals surface area contributed by atoms with Gasteiger partial charge in [-0.05, 0) is 26.2 Å². The van der Waals surface area contributed by atoms with E-state index >= 15 is 0 Å². The standard InChI is InChI=1S/C12H19N3O2/c1-3-14(2)9-7-12(17)15(13-8-9)10-5-4-6-11(10)16/h7-8,10-11,16H,3-6H2,1-2H3/t10-,11-/m0/s1. The summed E-state index contributed by atoms with van der Waals surface area (Å²) in [7, 11) is 1.92. The van der Waals surface area contributed by atoms with Crippen molar-refractivity contribution in [3.8, 4) is 0 Å². The smallest absolute Gasteiger partial charge is 0.269 e. The van der Waals surface area contributed by atoms with E-state index in [4.69, 9.17) is 0 Å². The molecule has 0 radical (unpaired) electrons. The van der Waals surface area contributed by atoms with Crippen molar-refractivity contribution < 1.29 is 5.11 Å². The Bertz CT molecular complexity index is 444. The highest BCUT2D eigenvalue weighted by Gasteiger charge is 2.28. The third kappa shape index (κ3) is 2.34. The molecule has 0 bridgehead atoms. The Balaban J connectivity index is 2.29. The topological polar surface area (TPSA) is 58.4 Å². The maximum Gasteiger partial charge on any atom is 0.269 e. The summed E-state index contributed by atoms with van der Waals surface area (Å²) in [5, 5.41) is 14.0. The molecular formula is C12H19N3O2. The summed E-state index contributed by atoms with van der Waals surface area (Å²) in [5.41, 5.74) is 0.690. The molecule has 5 nitrogen and oxygen atoms in total. The van der Waals surface area contributed by atoms with Gasteiger partial charge in [0.2, 0.25) is 0 Å². The first-order valence-corrected chi connectivity index (χ1v) is 6.11. The number of rotatable bonds is 3.